The third-order valence-corrected chi connectivity index (χ3v) is 10.0. The van der Waals surface area contributed by atoms with E-state index in [1.165, 1.54) is 13.2 Å². The number of Topliss-reactive ketones (excluding diaryl/α,β-unsaturated/α-hetero) is 1. The standard InChI is InChI=1S/C33H58N2O9/c1-12-25-33(8,39)29-23(6)35(11)18-19(2)17-32(7,41-15-13-14-40-29)28(21(4)26(36)22(5)30(38)43-25)44-31-27(37)24(34(9)10)16-20(3)42-31/h13-14,19-25,27-29,31,37,39H,12,15-18H2,1-11H3/b14-13+/t19-,20-,21+,22?,23-,24+,25-,27-,28-,29+,31+,32-,33-/m1/s1. The summed E-state index contributed by atoms with van der Waals surface area (Å²) >= 11 is 0. The van der Waals surface area contributed by atoms with Crippen molar-refractivity contribution in [2.24, 2.45) is 17.8 Å². The average molecular weight is 627 g/mol. The lowest BCUT2D eigenvalue weighted by molar-refractivity contribution is -0.297. The minimum Gasteiger partial charge on any atom is -0.493 e. The molecule has 0 saturated carbocycles. The molecule has 1 unspecified atom stereocenters. The molecule has 2 bridgehead atoms. The van der Waals surface area contributed by atoms with Crippen molar-refractivity contribution in [3.63, 3.8) is 0 Å². The number of hydrogen-bond donors (Lipinski definition) is 2. The second kappa shape index (κ2) is 14.9. The van der Waals surface area contributed by atoms with E-state index >= 15 is 0 Å². The van der Waals surface area contributed by atoms with E-state index in [0.29, 0.717) is 25.8 Å². The number of carbonyl (C=O) groups is 2. The summed E-state index contributed by atoms with van der Waals surface area (Å²) in [5.41, 5.74) is -2.60. The van der Waals surface area contributed by atoms with Crippen molar-refractivity contribution in [2.45, 2.75) is 135 Å². The van der Waals surface area contributed by atoms with Gasteiger partial charge in [0, 0.05) is 24.5 Å². The number of fused-ring (bicyclic) bond motifs is 14. The van der Waals surface area contributed by atoms with E-state index in [9.17, 15) is 19.8 Å². The van der Waals surface area contributed by atoms with E-state index in [-0.39, 0.29) is 36.5 Å². The molecule has 0 aliphatic carbocycles. The van der Waals surface area contributed by atoms with Gasteiger partial charge in [-0.25, -0.2) is 0 Å². The van der Waals surface area contributed by atoms with Crippen LogP contribution in [-0.4, -0.2) is 126 Å². The lowest BCUT2D eigenvalue weighted by Gasteiger charge is -2.47. The fraction of sp³-hybridized carbons (Fsp3) is 0.879. The Kier molecular flexibility index (Phi) is 12.5. The zero-order valence-corrected chi connectivity index (χ0v) is 28.7. The molecule has 0 aromatic rings. The Labute approximate surface area is 264 Å². The highest BCUT2D eigenvalue weighted by Gasteiger charge is 2.51. The number of nitrogens with zero attached hydrogens (tertiary/aromatic N) is 2. The Morgan fingerprint density at radius 3 is 2.41 bits per heavy atom. The monoisotopic (exact) mass is 626 g/mol. The SMILES string of the molecule is CC[C@H]1OC(=O)C(C)C(=O)[C@H](C)[C@@H](O[C@@H]2O[C@H](C)C[C@H](N(C)C)[C@H]2O)[C@@]2(C)C[C@@H](C)CN(C)[C@H](C)[C@H](O/C=C/CO2)[C@]1(C)O. The topological polar surface area (TPSA) is 127 Å². The number of carbonyl (C=O) groups excluding carboxylic acids is 2. The number of aliphatic hydroxyl groups is 2. The Bertz CT molecular complexity index is 1010. The number of rotatable bonds is 4. The van der Waals surface area contributed by atoms with Gasteiger partial charge in [-0.15, -0.1) is 0 Å². The van der Waals surface area contributed by atoms with Gasteiger partial charge in [0.15, 0.2) is 12.1 Å². The molecule has 254 valence electrons. The molecule has 13 atom stereocenters. The van der Waals surface area contributed by atoms with Gasteiger partial charge in [0.1, 0.15) is 29.8 Å². The first-order valence-corrected chi connectivity index (χ1v) is 16.2. The minimum atomic E-state index is -1.57. The summed E-state index contributed by atoms with van der Waals surface area (Å²) in [6.45, 7) is 15.4. The minimum absolute atomic E-state index is 0.0582. The predicted molar refractivity (Wildman–Crippen MR) is 166 cm³/mol. The van der Waals surface area contributed by atoms with E-state index < -0.39 is 59.7 Å². The number of aliphatic hydroxyl groups excluding tert-OH is 1. The van der Waals surface area contributed by atoms with Crippen LogP contribution >= 0.6 is 0 Å². The zero-order valence-electron chi connectivity index (χ0n) is 28.7. The number of esters is 1. The van der Waals surface area contributed by atoms with Crippen LogP contribution in [-0.2, 0) is 33.3 Å². The molecule has 0 spiro atoms. The van der Waals surface area contributed by atoms with Gasteiger partial charge in [-0.05, 0) is 87.0 Å². The van der Waals surface area contributed by atoms with Crippen molar-refractivity contribution in [3.8, 4) is 0 Å². The molecule has 11 nitrogen and oxygen atoms in total. The van der Waals surface area contributed by atoms with E-state index in [0.717, 1.165) is 0 Å². The summed E-state index contributed by atoms with van der Waals surface area (Å²) in [6, 6.07) is -0.473. The first-order chi connectivity index (χ1) is 20.4. The molecule has 2 fully saturated rings. The van der Waals surface area contributed by atoms with Gasteiger partial charge < -0.3 is 38.8 Å². The van der Waals surface area contributed by atoms with Crippen molar-refractivity contribution in [3.05, 3.63) is 12.3 Å². The molecule has 4 aliphatic heterocycles. The Hall–Kier alpha value is -1.60. The van der Waals surface area contributed by atoms with Crippen molar-refractivity contribution in [1.29, 1.82) is 0 Å². The van der Waals surface area contributed by atoms with Crippen LogP contribution in [0.2, 0.25) is 0 Å². The molecule has 2 N–H and O–H groups in total. The average Bonchev–Trinajstić information content (AvgIpc) is 2.94. The Morgan fingerprint density at radius 2 is 1.80 bits per heavy atom. The molecule has 0 aromatic heterocycles. The smallest absolute Gasteiger partial charge is 0.316 e. The fourth-order valence-corrected chi connectivity index (χ4v) is 7.35. The van der Waals surface area contributed by atoms with E-state index in [1.54, 1.807) is 19.9 Å². The van der Waals surface area contributed by atoms with Crippen LogP contribution in [0.5, 0.6) is 0 Å². The van der Waals surface area contributed by atoms with Crippen LogP contribution in [0, 0.1) is 17.8 Å². The van der Waals surface area contributed by atoms with Crippen LogP contribution in [0.1, 0.15) is 74.7 Å². The number of hydrogen-bond acceptors (Lipinski definition) is 11. The molecule has 0 amide bonds. The maximum atomic E-state index is 14.1. The van der Waals surface area contributed by atoms with Crippen molar-refractivity contribution in [2.75, 3.05) is 34.3 Å². The summed E-state index contributed by atoms with van der Waals surface area (Å²) in [4.78, 5) is 31.7. The van der Waals surface area contributed by atoms with Crippen LogP contribution in [0.3, 0.4) is 0 Å². The summed E-state index contributed by atoms with van der Waals surface area (Å²) < 4.78 is 31.5. The maximum Gasteiger partial charge on any atom is 0.316 e. The molecule has 0 aromatic carbocycles. The van der Waals surface area contributed by atoms with Crippen molar-refractivity contribution >= 4 is 11.8 Å². The van der Waals surface area contributed by atoms with Gasteiger partial charge in [-0.2, -0.15) is 0 Å². The quantitative estimate of drug-likeness (QED) is 0.353. The number of ether oxygens (including phenoxy) is 5. The Morgan fingerprint density at radius 1 is 1.14 bits per heavy atom. The molecule has 4 aliphatic rings. The summed E-state index contributed by atoms with van der Waals surface area (Å²) in [5, 5.41) is 23.2. The third-order valence-electron chi connectivity index (χ3n) is 10.0. The van der Waals surface area contributed by atoms with Gasteiger partial charge in [0.05, 0.1) is 30.7 Å². The number of ketones is 1. The van der Waals surface area contributed by atoms with Crippen LogP contribution in [0.4, 0.5) is 0 Å². The lowest BCUT2D eigenvalue weighted by atomic mass is 9.78. The lowest BCUT2D eigenvalue weighted by Crippen LogP contribution is -2.60. The predicted octanol–water partition coefficient (Wildman–Crippen LogP) is 2.76. The van der Waals surface area contributed by atoms with E-state index in [2.05, 4.69) is 11.8 Å². The van der Waals surface area contributed by atoms with Crippen LogP contribution < -0.4 is 0 Å². The van der Waals surface area contributed by atoms with E-state index in [4.69, 9.17) is 23.7 Å². The molecule has 11 heteroatoms. The second-order valence-electron chi connectivity index (χ2n) is 14.1. The summed E-state index contributed by atoms with van der Waals surface area (Å²) in [6.07, 6.45) is -0.0354. The normalized spacial score (nSPS) is 46.2. The van der Waals surface area contributed by atoms with Gasteiger partial charge in [0.2, 0.25) is 0 Å². The molecular formula is C33H58N2O9. The van der Waals surface area contributed by atoms with Gasteiger partial charge in [-0.3, -0.25) is 14.5 Å². The third kappa shape index (κ3) is 8.03. The highest BCUT2D eigenvalue weighted by atomic mass is 16.7. The van der Waals surface area contributed by atoms with Crippen molar-refractivity contribution < 1.29 is 43.5 Å². The zero-order chi connectivity index (χ0) is 33.1. The van der Waals surface area contributed by atoms with Gasteiger partial charge >= 0.3 is 5.97 Å². The first-order valence-electron chi connectivity index (χ1n) is 16.2. The highest BCUT2D eigenvalue weighted by molar-refractivity contribution is 6.00. The molecule has 44 heavy (non-hydrogen) atoms. The maximum absolute atomic E-state index is 14.1. The fourth-order valence-electron chi connectivity index (χ4n) is 7.35. The molecular weight excluding hydrogens is 568 g/mol. The van der Waals surface area contributed by atoms with Crippen LogP contribution in [0.15, 0.2) is 12.3 Å². The van der Waals surface area contributed by atoms with Gasteiger partial charge in [-0.1, -0.05) is 20.8 Å². The molecule has 2 saturated heterocycles. The Balaban J connectivity index is 2.16. The van der Waals surface area contributed by atoms with Gasteiger partial charge in [0.25, 0.3) is 0 Å². The number of likely N-dealkylation sites (N-methyl/N-ethyl adjacent to an activating group) is 2. The summed E-state index contributed by atoms with van der Waals surface area (Å²) in [5.74, 6) is -3.01. The second-order valence-corrected chi connectivity index (χ2v) is 14.1. The molecule has 4 rings (SSSR count). The first kappa shape index (κ1) is 36.9. The molecule has 0 radical (unpaired) electrons. The molecule has 4 heterocycles. The highest BCUT2D eigenvalue weighted by Crippen LogP contribution is 2.38. The van der Waals surface area contributed by atoms with E-state index in [1.807, 2.05) is 53.7 Å². The largest absolute Gasteiger partial charge is 0.493 e. The van der Waals surface area contributed by atoms with Crippen LogP contribution in [0.25, 0.3) is 0 Å². The van der Waals surface area contributed by atoms with Crippen molar-refractivity contribution in [1.82, 2.24) is 9.80 Å². The summed E-state index contributed by atoms with van der Waals surface area (Å²) in [7, 11) is 5.79.